The van der Waals surface area contributed by atoms with Gasteiger partial charge < -0.3 is 29.2 Å². The molecule has 0 aromatic heterocycles. The van der Waals surface area contributed by atoms with Crippen LogP contribution in [-0.2, 0) is 47.7 Å². The molecule has 4 fully saturated rings. The van der Waals surface area contributed by atoms with Crippen molar-refractivity contribution in [1.29, 1.82) is 0 Å². The van der Waals surface area contributed by atoms with Gasteiger partial charge in [0.25, 0.3) is 0 Å². The molecule has 3 saturated carbocycles. The molecule has 4 aliphatic carbocycles. The molecule has 0 spiro atoms. The van der Waals surface area contributed by atoms with Gasteiger partial charge in [-0.3, -0.25) is 14.4 Å². The van der Waals surface area contributed by atoms with Gasteiger partial charge in [0.2, 0.25) is 0 Å². The predicted molar refractivity (Wildman–Crippen MR) is 198 cm³/mol. The van der Waals surface area contributed by atoms with E-state index < -0.39 is 47.2 Å². The number of hydrogen-bond donors (Lipinski definition) is 2. The summed E-state index contributed by atoms with van der Waals surface area (Å²) < 4.78 is 18.1. The SMILES string of the molecule is C.C.C=C(C)C(=O)OC.CC(O)C1CC2C=CC1C2.COC(=O)C(C)(C)CCC1C(=O)OC(=O)C1C1C(C)C2CC(C(C)O)C1C2.O=C1C=CC(=O)O1. The van der Waals surface area contributed by atoms with Crippen molar-refractivity contribution in [2.45, 2.75) is 107 Å². The molecule has 0 aromatic rings. The first kappa shape index (κ1) is 47.4. The van der Waals surface area contributed by atoms with Crippen LogP contribution in [0.5, 0.6) is 0 Å². The Morgan fingerprint density at radius 1 is 0.887 bits per heavy atom. The van der Waals surface area contributed by atoms with E-state index in [9.17, 15) is 39.0 Å². The second kappa shape index (κ2) is 20.2. The fourth-order valence-electron chi connectivity index (χ4n) is 8.90. The summed E-state index contributed by atoms with van der Waals surface area (Å²) in [5.74, 6) is -0.284. The Balaban J connectivity index is 0.000000438. The summed E-state index contributed by atoms with van der Waals surface area (Å²) in [5, 5.41) is 19.5. The Kier molecular flexibility index (Phi) is 18.0. The zero-order chi connectivity index (χ0) is 38.4. The highest BCUT2D eigenvalue weighted by molar-refractivity contribution is 6.05. The Labute approximate surface area is 315 Å². The van der Waals surface area contributed by atoms with Gasteiger partial charge in [-0.15, -0.1) is 0 Å². The number of methoxy groups -OCH3 is 2. The van der Waals surface area contributed by atoms with E-state index in [1.54, 1.807) is 20.8 Å². The summed E-state index contributed by atoms with van der Waals surface area (Å²) >= 11 is 0. The molecule has 6 rings (SSSR count). The lowest BCUT2D eigenvalue weighted by Gasteiger charge is -2.39. The highest BCUT2D eigenvalue weighted by atomic mass is 16.6. The third-order valence-corrected chi connectivity index (χ3v) is 11.6. The normalized spacial score (nSPS) is 32.3. The highest BCUT2D eigenvalue weighted by Gasteiger charge is 2.60. The predicted octanol–water partition coefficient (Wildman–Crippen LogP) is 5.78. The van der Waals surface area contributed by atoms with Gasteiger partial charge >= 0.3 is 35.8 Å². The number of ether oxygens (including phenoxy) is 4. The van der Waals surface area contributed by atoms with Gasteiger partial charge in [-0.05, 0) is 120 Å². The summed E-state index contributed by atoms with van der Waals surface area (Å²) in [6, 6.07) is 0. The molecule has 0 aromatic carbocycles. The van der Waals surface area contributed by atoms with E-state index >= 15 is 0 Å². The number of esters is 6. The van der Waals surface area contributed by atoms with Crippen LogP contribution in [0, 0.1) is 64.6 Å². The van der Waals surface area contributed by atoms with Gasteiger partial charge in [-0.25, -0.2) is 14.4 Å². The molecule has 300 valence electrons. The van der Waals surface area contributed by atoms with E-state index in [1.165, 1.54) is 27.1 Å². The molecule has 4 bridgehead atoms. The molecule has 1 saturated heterocycles. The Hall–Kier alpha value is -3.64. The number of aliphatic hydroxyl groups is 2. The number of hydrogen-bond acceptors (Lipinski definition) is 12. The van der Waals surface area contributed by atoms with Crippen LogP contribution in [0.4, 0.5) is 0 Å². The van der Waals surface area contributed by atoms with E-state index in [0.29, 0.717) is 42.1 Å². The Morgan fingerprint density at radius 2 is 1.47 bits per heavy atom. The molecular weight excluding hydrogens is 684 g/mol. The minimum absolute atomic E-state index is 0. The van der Waals surface area contributed by atoms with Crippen molar-refractivity contribution < 1.29 is 57.9 Å². The number of carbonyl (C=O) groups excluding carboxylic acids is 6. The number of cyclic esters (lactones) is 4. The molecule has 2 N–H and O–H groups in total. The smallest absolute Gasteiger partial charge is 0.338 e. The summed E-state index contributed by atoms with van der Waals surface area (Å²) in [6.45, 7) is 14.4. The zero-order valence-electron chi connectivity index (χ0n) is 31.2. The monoisotopic (exact) mass is 748 g/mol. The van der Waals surface area contributed by atoms with Gasteiger partial charge in [-0.2, -0.15) is 0 Å². The average Bonchev–Trinajstić information content (AvgIpc) is 3.93. The van der Waals surface area contributed by atoms with E-state index in [-0.39, 0.29) is 50.6 Å². The molecular formula is C41H64O12. The second-order valence-electron chi connectivity index (χ2n) is 15.6. The molecule has 0 radical (unpaired) electrons. The third kappa shape index (κ3) is 11.7. The topological polar surface area (TPSA) is 180 Å². The first-order valence-electron chi connectivity index (χ1n) is 17.9. The van der Waals surface area contributed by atoms with Gasteiger partial charge in [0.15, 0.2) is 0 Å². The van der Waals surface area contributed by atoms with Crippen molar-refractivity contribution in [2.24, 2.45) is 64.6 Å². The van der Waals surface area contributed by atoms with Crippen molar-refractivity contribution in [2.75, 3.05) is 14.2 Å². The Morgan fingerprint density at radius 3 is 1.83 bits per heavy atom. The zero-order valence-corrected chi connectivity index (χ0v) is 31.2. The minimum atomic E-state index is -0.715. The third-order valence-electron chi connectivity index (χ3n) is 11.6. The highest BCUT2D eigenvalue weighted by Crippen LogP contribution is 2.60. The maximum atomic E-state index is 12.6. The first-order valence-corrected chi connectivity index (χ1v) is 17.9. The largest absolute Gasteiger partial charge is 0.469 e. The molecule has 12 heteroatoms. The van der Waals surface area contributed by atoms with Gasteiger partial charge in [0.1, 0.15) is 0 Å². The molecule has 2 heterocycles. The average molecular weight is 749 g/mol. The minimum Gasteiger partial charge on any atom is -0.469 e. The fourth-order valence-corrected chi connectivity index (χ4v) is 8.90. The van der Waals surface area contributed by atoms with Crippen LogP contribution < -0.4 is 0 Å². The quantitative estimate of drug-likeness (QED) is 0.101. The molecule has 12 atom stereocenters. The van der Waals surface area contributed by atoms with Crippen molar-refractivity contribution >= 4 is 35.8 Å². The van der Waals surface area contributed by atoms with E-state index in [2.05, 4.69) is 35.1 Å². The van der Waals surface area contributed by atoms with Crippen LogP contribution in [0.3, 0.4) is 0 Å². The second-order valence-corrected chi connectivity index (χ2v) is 15.6. The van der Waals surface area contributed by atoms with E-state index in [4.69, 9.17) is 9.47 Å². The van der Waals surface area contributed by atoms with Gasteiger partial charge in [0, 0.05) is 17.7 Å². The summed E-state index contributed by atoms with van der Waals surface area (Å²) in [7, 11) is 2.68. The number of rotatable bonds is 8. The van der Waals surface area contributed by atoms with Crippen LogP contribution in [0.1, 0.15) is 94.9 Å². The number of carbonyl (C=O) groups is 6. The lowest BCUT2D eigenvalue weighted by atomic mass is 9.64. The van der Waals surface area contributed by atoms with E-state index in [0.717, 1.165) is 30.9 Å². The van der Waals surface area contributed by atoms with Crippen LogP contribution in [0.15, 0.2) is 36.5 Å². The number of aliphatic hydroxyl groups excluding tert-OH is 2. The fraction of sp³-hybridized carbons (Fsp3) is 0.707. The number of fused-ring (bicyclic) bond motifs is 4. The maximum absolute atomic E-state index is 12.6. The van der Waals surface area contributed by atoms with Crippen LogP contribution in [0.2, 0.25) is 0 Å². The van der Waals surface area contributed by atoms with Gasteiger partial charge in [-0.1, -0.05) is 40.5 Å². The lowest BCUT2D eigenvalue weighted by molar-refractivity contribution is -0.155. The van der Waals surface area contributed by atoms with Crippen molar-refractivity contribution in [1.82, 2.24) is 0 Å². The van der Waals surface area contributed by atoms with Crippen LogP contribution >= 0.6 is 0 Å². The molecule has 53 heavy (non-hydrogen) atoms. The summed E-state index contributed by atoms with van der Waals surface area (Å²) in [4.78, 5) is 67.0. The molecule has 12 unspecified atom stereocenters. The molecule has 12 nitrogen and oxygen atoms in total. The summed E-state index contributed by atoms with van der Waals surface area (Å²) in [5.41, 5.74) is -0.282. The summed E-state index contributed by atoms with van der Waals surface area (Å²) in [6.07, 6.45) is 11.7. The number of allylic oxidation sites excluding steroid dienone is 2. The van der Waals surface area contributed by atoms with Crippen molar-refractivity contribution in [3.8, 4) is 0 Å². The van der Waals surface area contributed by atoms with Crippen molar-refractivity contribution in [3.05, 3.63) is 36.5 Å². The standard InChI is InChI=1S/C21H32O6.C9H14O.C5H8O2.C4H2O3.2CH4/c1-10-12-8-14(11(2)22)15(9-12)16(10)17-13(18(23)27-19(17)24)6-7-21(3,4)20(25)26-5;1-6(10)9-5-7-2-3-8(9)4-7;1-4(2)5(6)7-3;5-3-1-2-4(6)7-3;;/h10-17,22H,6-9H2,1-5H3;2-3,6-10H,4-5H2,1H3;1H2,2-3H3;1-2H;2*1H4. The van der Waals surface area contributed by atoms with Crippen molar-refractivity contribution in [3.63, 3.8) is 0 Å². The van der Waals surface area contributed by atoms with Gasteiger partial charge in [0.05, 0.1) is 43.7 Å². The van der Waals surface area contributed by atoms with Crippen LogP contribution in [-0.4, -0.2) is 72.5 Å². The molecule has 0 amide bonds. The first-order chi connectivity index (χ1) is 23.8. The van der Waals surface area contributed by atoms with E-state index in [1.807, 2.05) is 13.8 Å². The van der Waals surface area contributed by atoms with Crippen LogP contribution in [0.25, 0.3) is 0 Å². The maximum Gasteiger partial charge on any atom is 0.338 e. The Bertz CT molecular complexity index is 1370. The molecule has 6 aliphatic rings. The lowest BCUT2D eigenvalue weighted by Crippen LogP contribution is -2.40. The molecule has 2 aliphatic heterocycles.